The highest BCUT2D eigenvalue weighted by Gasteiger charge is 2.28. The Bertz CT molecular complexity index is 160. The average molecular weight is 212 g/mol. The van der Waals surface area contributed by atoms with Crippen LogP contribution in [0.25, 0.3) is 0 Å². The first kappa shape index (κ1) is 13.0. The summed E-state index contributed by atoms with van der Waals surface area (Å²) in [5, 5.41) is 3.39. The van der Waals surface area contributed by atoms with Gasteiger partial charge in [-0.1, -0.05) is 20.8 Å². The summed E-state index contributed by atoms with van der Waals surface area (Å²) in [4.78, 5) is 2.67. The molecule has 2 heteroatoms. The third kappa shape index (κ3) is 4.12. The quantitative estimate of drug-likeness (QED) is 0.680. The summed E-state index contributed by atoms with van der Waals surface area (Å²) in [5.41, 5.74) is 0. The van der Waals surface area contributed by atoms with E-state index in [1.807, 2.05) is 0 Å². The molecule has 3 unspecified atom stereocenters. The van der Waals surface area contributed by atoms with Crippen molar-refractivity contribution in [1.29, 1.82) is 0 Å². The zero-order valence-corrected chi connectivity index (χ0v) is 10.9. The molecule has 1 N–H and O–H groups in total. The third-order valence-electron chi connectivity index (χ3n) is 3.87. The topological polar surface area (TPSA) is 15.3 Å². The first-order chi connectivity index (χ1) is 7.15. The molecule has 0 saturated carbocycles. The predicted molar refractivity (Wildman–Crippen MR) is 67.1 cm³/mol. The van der Waals surface area contributed by atoms with E-state index in [0.717, 1.165) is 24.4 Å². The molecule has 0 aliphatic carbocycles. The van der Waals surface area contributed by atoms with Crippen molar-refractivity contribution in [3.63, 3.8) is 0 Å². The second-order valence-electron chi connectivity index (χ2n) is 5.25. The summed E-state index contributed by atoms with van der Waals surface area (Å²) in [7, 11) is 0. The van der Waals surface area contributed by atoms with Crippen LogP contribution in [0.15, 0.2) is 0 Å². The van der Waals surface area contributed by atoms with E-state index in [4.69, 9.17) is 0 Å². The Morgan fingerprint density at radius 1 is 1.27 bits per heavy atom. The smallest absolute Gasteiger partial charge is 0.00676 e. The van der Waals surface area contributed by atoms with Crippen LogP contribution in [0.5, 0.6) is 0 Å². The van der Waals surface area contributed by atoms with Gasteiger partial charge in [0.05, 0.1) is 0 Å². The largest absolute Gasteiger partial charge is 0.317 e. The molecule has 1 fully saturated rings. The van der Waals surface area contributed by atoms with Crippen LogP contribution in [0, 0.1) is 11.8 Å². The first-order valence-electron chi connectivity index (χ1n) is 6.59. The first-order valence-corrected chi connectivity index (χ1v) is 6.59. The van der Waals surface area contributed by atoms with Crippen LogP contribution < -0.4 is 5.32 Å². The summed E-state index contributed by atoms with van der Waals surface area (Å²) < 4.78 is 0. The molecule has 1 aliphatic rings. The molecule has 15 heavy (non-hydrogen) atoms. The van der Waals surface area contributed by atoms with Gasteiger partial charge in [0.25, 0.3) is 0 Å². The summed E-state index contributed by atoms with van der Waals surface area (Å²) >= 11 is 0. The molecular weight excluding hydrogens is 184 g/mol. The number of likely N-dealkylation sites (tertiary alicyclic amines) is 1. The molecule has 0 aromatic heterocycles. The van der Waals surface area contributed by atoms with E-state index in [-0.39, 0.29) is 0 Å². The van der Waals surface area contributed by atoms with Crippen molar-refractivity contribution in [3.8, 4) is 0 Å². The minimum Gasteiger partial charge on any atom is -0.317 e. The van der Waals surface area contributed by atoms with E-state index in [2.05, 4.69) is 37.9 Å². The van der Waals surface area contributed by atoms with Gasteiger partial charge in [-0.15, -0.1) is 0 Å². The van der Waals surface area contributed by atoms with Gasteiger partial charge in [-0.3, -0.25) is 0 Å². The van der Waals surface area contributed by atoms with Crippen molar-refractivity contribution < 1.29 is 0 Å². The maximum atomic E-state index is 3.39. The second-order valence-corrected chi connectivity index (χ2v) is 5.25. The van der Waals surface area contributed by atoms with Gasteiger partial charge >= 0.3 is 0 Å². The number of rotatable bonds is 6. The number of hydrogen-bond acceptors (Lipinski definition) is 2. The zero-order valence-electron chi connectivity index (χ0n) is 10.9. The summed E-state index contributed by atoms with van der Waals surface area (Å²) in [6.45, 7) is 14.2. The molecule has 2 nitrogen and oxygen atoms in total. The van der Waals surface area contributed by atoms with E-state index < -0.39 is 0 Å². The van der Waals surface area contributed by atoms with Crippen LogP contribution in [0.2, 0.25) is 0 Å². The average Bonchev–Trinajstić information content (AvgIpc) is 2.54. The highest BCUT2D eigenvalue weighted by Crippen LogP contribution is 2.24. The van der Waals surface area contributed by atoms with Gasteiger partial charge in [0, 0.05) is 19.1 Å². The molecule has 1 aliphatic heterocycles. The van der Waals surface area contributed by atoms with E-state index in [1.165, 1.54) is 32.5 Å². The Labute approximate surface area is 95.4 Å². The van der Waals surface area contributed by atoms with Crippen molar-refractivity contribution in [1.82, 2.24) is 10.2 Å². The molecule has 0 aromatic carbocycles. The Balaban J connectivity index is 2.14. The SMILES string of the molecule is CCNCCCC(C)N1CC(C)C(C)C1. The minimum absolute atomic E-state index is 0.774. The number of nitrogens with one attached hydrogen (secondary N) is 1. The van der Waals surface area contributed by atoms with Gasteiger partial charge in [-0.2, -0.15) is 0 Å². The molecule has 90 valence electrons. The van der Waals surface area contributed by atoms with Gasteiger partial charge < -0.3 is 10.2 Å². The summed E-state index contributed by atoms with van der Waals surface area (Å²) in [6, 6.07) is 0.774. The van der Waals surface area contributed by atoms with E-state index >= 15 is 0 Å². The molecule has 1 saturated heterocycles. The molecule has 1 rings (SSSR count). The molecule has 0 bridgehead atoms. The van der Waals surface area contributed by atoms with Crippen LogP contribution in [0.3, 0.4) is 0 Å². The summed E-state index contributed by atoms with van der Waals surface area (Å²) in [6.07, 6.45) is 2.65. The highest BCUT2D eigenvalue weighted by atomic mass is 15.2. The minimum atomic E-state index is 0.774. The van der Waals surface area contributed by atoms with Gasteiger partial charge in [0.1, 0.15) is 0 Å². The molecule has 0 radical (unpaired) electrons. The summed E-state index contributed by atoms with van der Waals surface area (Å²) in [5.74, 6) is 1.78. The highest BCUT2D eigenvalue weighted by molar-refractivity contribution is 4.81. The molecule has 0 aromatic rings. The zero-order chi connectivity index (χ0) is 11.3. The normalized spacial score (nSPS) is 29.6. The molecule has 0 spiro atoms. The van der Waals surface area contributed by atoms with Crippen LogP contribution >= 0.6 is 0 Å². The van der Waals surface area contributed by atoms with Gasteiger partial charge in [0.15, 0.2) is 0 Å². The van der Waals surface area contributed by atoms with Crippen LogP contribution in [0.4, 0.5) is 0 Å². The van der Waals surface area contributed by atoms with Gasteiger partial charge in [0.2, 0.25) is 0 Å². The van der Waals surface area contributed by atoms with E-state index in [0.29, 0.717) is 0 Å². The maximum absolute atomic E-state index is 3.39. The molecular formula is C13H28N2. The lowest BCUT2D eigenvalue weighted by molar-refractivity contribution is 0.233. The van der Waals surface area contributed by atoms with Crippen molar-refractivity contribution in [2.75, 3.05) is 26.2 Å². The fourth-order valence-corrected chi connectivity index (χ4v) is 2.42. The lowest BCUT2D eigenvalue weighted by Crippen LogP contribution is -2.31. The Kier molecular flexibility index (Phi) is 5.62. The standard InChI is InChI=1S/C13H28N2/c1-5-14-8-6-7-13(4)15-9-11(2)12(3)10-15/h11-14H,5-10H2,1-4H3. The third-order valence-corrected chi connectivity index (χ3v) is 3.87. The van der Waals surface area contributed by atoms with Crippen LogP contribution in [-0.2, 0) is 0 Å². The van der Waals surface area contributed by atoms with Crippen LogP contribution in [0.1, 0.15) is 40.5 Å². The Hall–Kier alpha value is -0.0800. The van der Waals surface area contributed by atoms with E-state index in [1.54, 1.807) is 0 Å². The maximum Gasteiger partial charge on any atom is 0.00676 e. The molecule has 0 amide bonds. The number of hydrogen-bond donors (Lipinski definition) is 1. The predicted octanol–water partition coefficient (Wildman–Crippen LogP) is 2.35. The molecule has 1 heterocycles. The van der Waals surface area contributed by atoms with Gasteiger partial charge in [-0.25, -0.2) is 0 Å². The van der Waals surface area contributed by atoms with Crippen molar-refractivity contribution in [3.05, 3.63) is 0 Å². The lowest BCUT2D eigenvalue weighted by Gasteiger charge is -2.24. The molecule has 3 atom stereocenters. The monoisotopic (exact) mass is 212 g/mol. The van der Waals surface area contributed by atoms with Crippen molar-refractivity contribution >= 4 is 0 Å². The van der Waals surface area contributed by atoms with Crippen molar-refractivity contribution in [2.24, 2.45) is 11.8 Å². The fourth-order valence-electron chi connectivity index (χ4n) is 2.42. The van der Waals surface area contributed by atoms with Crippen LogP contribution in [-0.4, -0.2) is 37.1 Å². The van der Waals surface area contributed by atoms with Crippen molar-refractivity contribution in [2.45, 2.75) is 46.6 Å². The fraction of sp³-hybridized carbons (Fsp3) is 1.00. The lowest BCUT2D eigenvalue weighted by atomic mass is 10.0. The Morgan fingerprint density at radius 3 is 2.40 bits per heavy atom. The Morgan fingerprint density at radius 2 is 1.87 bits per heavy atom. The van der Waals surface area contributed by atoms with E-state index in [9.17, 15) is 0 Å². The van der Waals surface area contributed by atoms with Gasteiger partial charge in [-0.05, 0) is 44.7 Å². The second kappa shape index (κ2) is 6.49. The number of nitrogens with zero attached hydrogens (tertiary/aromatic N) is 1.